The maximum absolute atomic E-state index is 5.44. The zero-order chi connectivity index (χ0) is 20.4. The van der Waals surface area contributed by atoms with Crippen LogP contribution in [-0.2, 0) is 13.0 Å². The van der Waals surface area contributed by atoms with Gasteiger partial charge in [0.05, 0.1) is 5.69 Å². The molecule has 0 amide bonds. The van der Waals surface area contributed by atoms with Crippen molar-refractivity contribution in [1.82, 2.24) is 25.9 Å². The summed E-state index contributed by atoms with van der Waals surface area (Å²) in [4.78, 5) is 8.99. The molecule has 0 bridgehead atoms. The fourth-order valence-electron chi connectivity index (χ4n) is 2.85. The van der Waals surface area contributed by atoms with Crippen LogP contribution in [0.15, 0.2) is 20.1 Å². The Bertz CT molecular complexity index is 718. The molecular weight excluding hydrogens is 356 g/mol. The van der Waals surface area contributed by atoms with E-state index in [0.717, 1.165) is 62.0 Å². The summed E-state index contributed by atoms with van der Waals surface area (Å²) in [5.41, 5.74) is 1.02. The van der Waals surface area contributed by atoms with E-state index in [1.54, 1.807) is 0 Å². The zero-order valence-corrected chi connectivity index (χ0v) is 17.8. The molecule has 8 heteroatoms. The molecule has 0 saturated carbocycles. The lowest BCUT2D eigenvalue weighted by Gasteiger charge is -2.10. The lowest BCUT2D eigenvalue weighted by molar-refractivity contribution is 0.368. The van der Waals surface area contributed by atoms with Gasteiger partial charge >= 0.3 is 0 Å². The van der Waals surface area contributed by atoms with Gasteiger partial charge in [0.15, 0.2) is 17.5 Å². The molecule has 2 heterocycles. The van der Waals surface area contributed by atoms with Crippen molar-refractivity contribution in [2.75, 3.05) is 13.1 Å². The standard InChI is InChI=1S/C20H34N6O2/c1-6-15(7-2)17-12-16(27-25-17)13-23-20(21-8-3)22-11-9-10-18-24-19(14(4)5)26-28-18/h12,14-15H,6-11,13H2,1-5H3,(H2,21,22,23). The second-order valence-corrected chi connectivity index (χ2v) is 7.16. The van der Waals surface area contributed by atoms with E-state index < -0.39 is 0 Å². The average molecular weight is 391 g/mol. The Labute approximate surface area is 167 Å². The van der Waals surface area contributed by atoms with Gasteiger partial charge in [-0.2, -0.15) is 4.98 Å². The predicted octanol–water partition coefficient (Wildman–Crippen LogP) is 3.77. The largest absolute Gasteiger partial charge is 0.359 e. The maximum Gasteiger partial charge on any atom is 0.226 e. The summed E-state index contributed by atoms with van der Waals surface area (Å²) in [5.74, 6) is 3.72. The number of aryl methyl sites for hydroxylation is 1. The molecule has 2 rings (SSSR count). The smallest absolute Gasteiger partial charge is 0.226 e. The van der Waals surface area contributed by atoms with Gasteiger partial charge in [0.25, 0.3) is 0 Å². The summed E-state index contributed by atoms with van der Waals surface area (Å²) in [6, 6.07) is 2.02. The Hall–Kier alpha value is -2.38. The topological polar surface area (TPSA) is 101 Å². The van der Waals surface area contributed by atoms with E-state index >= 15 is 0 Å². The highest BCUT2D eigenvalue weighted by molar-refractivity contribution is 5.79. The van der Waals surface area contributed by atoms with Gasteiger partial charge in [-0.3, -0.25) is 0 Å². The van der Waals surface area contributed by atoms with Gasteiger partial charge in [-0.25, -0.2) is 4.99 Å². The molecule has 0 unspecified atom stereocenters. The molecule has 2 aromatic rings. The molecule has 0 aliphatic rings. The average Bonchev–Trinajstić information content (AvgIpc) is 3.34. The molecule has 0 fully saturated rings. The Morgan fingerprint density at radius 3 is 2.54 bits per heavy atom. The van der Waals surface area contributed by atoms with Gasteiger partial charge in [-0.15, -0.1) is 0 Å². The fraction of sp³-hybridized carbons (Fsp3) is 0.700. The number of nitrogens with zero attached hydrogens (tertiary/aromatic N) is 4. The lowest BCUT2D eigenvalue weighted by Crippen LogP contribution is -2.37. The van der Waals surface area contributed by atoms with Crippen molar-refractivity contribution < 1.29 is 9.05 Å². The first kappa shape index (κ1) is 21.9. The van der Waals surface area contributed by atoms with Crippen LogP contribution in [-0.4, -0.2) is 34.3 Å². The van der Waals surface area contributed by atoms with Crippen molar-refractivity contribution >= 4 is 5.96 Å². The summed E-state index contributed by atoms with van der Waals surface area (Å²) < 4.78 is 10.7. The van der Waals surface area contributed by atoms with Gasteiger partial charge in [-0.05, 0) is 26.2 Å². The highest BCUT2D eigenvalue weighted by Gasteiger charge is 2.13. The minimum atomic E-state index is 0.282. The quantitative estimate of drug-likeness (QED) is 0.342. The molecule has 2 N–H and O–H groups in total. The molecule has 0 saturated heterocycles. The van der Waals surface area contributed by atoms with Gasteiger partial charge < -0.3 is 19.7 Å². The normalized spacial score (nSPS) is 12.2. The van der Waals surface area contributed by atoms with E-state index in [4.69, 9.17) is 9.05 Å². The Kier molecular flexibility index (Phi) is 8.97. The highest BCUT2D eigenvalue weighted by atomic mass is 16.5. The molecule has 156 valence electrons. The number of hydrogen-bond donors (Lipinski definition) is 2. The van der Waals surface area contributed by atoms with Crippen molar-refractivity contribution in [3.8, 4) is 0 Å². The first-order valence-electron chi connectivity index (χ1n) is 10.4. The van der Waals surface area contributed by atoms with E-state index in [0.29, 0.717) is 18.4 Å². The molecule has 0 aliphatic carbocycles. The Morgan fingerprint density at radius 2 is 1.89 bits per heavy atom. The molecule has 0 aliphatic heterocycles. The third kappa shape index (κ3) is 6.65. The molecule has 2 aromatic heterocycles. The SMILES string of the molecule is CCNC(=NCc1cc(C(CC)CC)no1)NCCCc1nc(C(C)C)no1. The van der Waals surface area contributed by atoms with Crippen LogP contribution in [0, 0.1) is 0 Å². The first-order valence-corrected chi connectivity index (χ1v) is 10.4. The van der Waals surface area contributed by atoms with Crippen LogP contribution >= 0.6 is 0 Å². The summed E-state index contributed by atoms with van der Waals surface area (Å²) in [7, 11) is 0. The second-order valence-electron chi connectivity index (χ2n) is 7.16. The number of hydrogen-bond acceptors (Lipinski definition) is 6. The predicted molar refractivity (Wildman–Crippen MR) is 109 cm³/mol. The van der Waals surface area contributed by atoms with Crippen molar-refractivity contribution in [3.63, 3.8) is 0 Å². The third-order valence-electron chi connectivity index (χ3n) is 4.58. The second kappa shape index (κ2) is 11.5. The summed E-state index contributed by atoms with van der Waals surface area (Å²) in [6.45, 7) is 12.5. The van der Waals surface area contributed by atoms with Gasteiger partial charge in [0, 0.05) is 37.4 Å². The van der Waals surface area contributed by atoms with Crippen LogP contribution in [0.2, 0.25) is 0 Å². The van der Waals surface area contributed by atoms with Gasteiger partial charge in [0.2, 0.25) is 5.89 Å². The summed E-state index contributed by atoms with van der Waals surface area (Å²) >= 11 is 0. The van der Waals surface area contributed by atoms with E-state index in [-0.39, 0.29) is 5.92 Å². The first-order chi connectivity index (χ1) is 13.6. The van der Waals surface area contributed by atoms with E-state index in [2.05, 4.69) is 58.6 Å². The molecule has 0 spiro atoms. The van der Waals surface area contributed by atoms with Gasteiger partial charge in [-0.1, -0.05) is 38.0 Å². The third-order valence-corrected chi connectivity index (χ3v) is 4.58. The molecule has 0 atom stereocenters. The molecule has 0 aromatic carbocycles. The molecular formula is C20H34N6O2. The summed E-state index contributed by atoms with van der Waals surface area (Å²) in [6.07, 6.45) is 3.75. The number of aromatic nitrogens is 3. The zero-order valence-electron chi connectivity index (χ0n) is 17.8. The van der Waals surface area contributed by atoms with Crippen LogP contribution in [0.1, 0.15) is 88.9 Å². The summed E-state index contributed by atoms with van der Waals surface area (Å²) in [5, 5.41) is 14.8. The Balaban J connectivity index is 1.81. The van der Waals surface area contributed by atoms with E-state index in [1.165, 1.54) is 0 Å². The van der Waals surface area contributed by atoms with Crippen LogP contribution in [0.3, 0.4) is 0 Å². The van der Waals surface area contributed by atoms with Crippen LogP contribution < -0.4 is 10.6 Å². The fourth-order valence-corrected chi connectivity index (χ4v) is 2.85. The number of nitrogens with one attached hydrogen (secondary N) is 2. The minimum Gasteiger partial charge on any atom is -0.359 e. The van der Waals surface area contributed by atoms with E-state index in [1.807, 2.05) is 13.0 Å². The maximum atomic E-state index is 5.44. The van der Waals surface area contributed by atoms with Crippen molar-refractivity contribution in [3.05, 3.63) is 29.2 Å². The van der Waals surface area contributed by atoms with Crippen molar-refractivity contribution in [1.29, 1.82) is 0 Å². The van der Waals surface area contributed by atoms with Crippen molar-refractivity contribution in [2.45, 2.75) is 78.7 Å². The molecule has 8 nitrogen and oxygen atoms in total. The Morgan fingerprint density at radius 1 is 1.11 bits per heavy atom. The van der Waals surface area contributed by atoms with Crippen LogP contribution in [0.4, 0.5) is 0 Å². The number of rotatable bonds is 11. The van der Waals surface area contributed by atoms with Crippen LogP contribution in [0.25, 0.3) is 0 Å². The van der Waals surface area contributed by atoms with Crippen molar-refractivity contribution in [2.24, 2.45) is 4.99 Å². The lowest BCUT2D eigenvalue weighted by atomic mass is 9.99. The molecule has 28 heavy (non-hydrogen) atoms. The number of aliphatic imine (C=N–C) groups is 1. The van der Waals surface area contributed by atoms with Crippen LogP contribution in [0.5, 0.6) is 0 Å². The number of guanidine groups is 1. The van der Waals surface area contributed by atoms with Gasteiger partial charge in [0.1, 0.15) is 6.54 Å². The minimum absolute atomic E-state index is 0.282. The monoisotopic (exact) mass is 390 g/mol. The highest BCUT2D eigenvalue weighted by Crippen LogP contribution is 2.22. The molecule has 0 radical (unpaired) electrons. The van der Waals surface area contributed by atoms with E-state index in [9.17, 15) is 0 Å².